The van der Waals surface area contributed by atoms with Gasteiger partial charge >= 0.3 is 5.97 Å². The number of furan rings is 1. The number of carboxylic acid groups (broad SMARTS) is 1. The standard InChI is InChI=1S/C18H23NO4/c1-11(5-8-14-4-3-9-23-14)19(2)17(20)15-12-6-7-13(10-12)16(15)18(21)22/h3-4,6-7,9,11-13,15-16H,5,8,10H2,1-2H3,(H,21,22). The predicted octanol–water partition coefficient (Wildman–Crippen LogP) is 2.58. The molecule has 0 saturated heterocycles. The fourth-order valence-corrected chi connectivity index (χ4v) is 3.95. The van der Waals surface area contributed by atoms with Crippen LogP contribution in [0.2, 0.25) is 0 Å². The molecule has 1 aromatic rings. The molecule has 0 radical (unpaired) electrons. The van der Waals surface area contributed by atoms with E-state index in [1.54, 1.807) is 18.2 Å². The molecule has 0 spiro atoms. The molecule has 2 bridgehead atoms. The molecule has 2 aliphatic carbocycles. The molecule has 1 N–H and O–H groups in total. The van der Waals surface area contributed by atoms with Crippen LogP contribution in [0.25, 0.3) is 0 Å². The third kappa shape index (κ3) is 2.92. The Balaban J connectivity index is 1.64. The van der Waals surface area contributed by atoms with Gasteiger partial charge in [-0.2, -0.15) is 0 Å². The summed E-state index contributed by atoms with van der Waals surface area (Å²) in [5.74, 6) is -0.885. The number of fused-ring (bicyclic) bond motifs is 2. The van der Waals surface area contributed by atoms with E-state index in [0.29, 0.717) is 0 Å². The number of aliphatic carboxylic acids is 1. The van der Waals surface area contributed by atoms with Gasteiger partial charge in [0, 0.05) is 19.5 Å². The number of carbonyl (C=O) groups excluding carboxylic acids is 1. The van der Waals surface area contributed by atoms with E-state index in [1.807, 2.05) is 31.2 Å². The summed E-state index contributed by atoms with van der Waals surface area (Å²) in [4.78, 5) is 26.1. The molecule has 1 saturated carbocycles. The third-order valence-electron chi connectivity index (χ3n) is 5.43. The SMILES string of the molecule is CC(CCc1ccco1)N(C)C(=O)C1C2C=CC(C2)C1C(=O)O. The Morgan fingerprint density at radius 3 is 2.65 bits per heavy atom. The largest absolute Gasteiger partial charge is 0.481 e. The maximum Gasteiger partial charge on any atom is 0.307 e. The number of nitrogens with zero attached hydrogens (tertiary/aromatic N) is 1. The summed E-state index contributed by atoms with van der Waals surface area (Å²) in [6, 6.07) is 3.83. The van der Waals surface area contributed by atoms with Crippen molar-refractivity contribution in [2.24, 2.45) is 23.7 Å². The van der Waals surface area contributed by atoms with Gasteiger partial charge in [-0.1, -0.05) is 12.2 Å². The molecule has 5 unspecified atom stereocenters. The molecule has 124 valence electrons. The number of carbonyl (C=O) groups is 2. The highest BCUT2D eigenvalue weighted by Crippen LogP contribution is 2.48. The summed E-state index contributed by atoms with van der Waals surface area (Å²) in [5.41, 5.74) is 0. The Labute approximate surface area is 136 Å². The van der Waals surface area contributed by atoms with Crippen molar-refractivity contribution in [3.05, 3.63) is 36.3 Å². The fourth-order valence-electron chi connectivity index (χ4n) is 3.95. The summed E-state index contributed by atoms with van der Waals surface area (Å²) >= 11 is 0. The van der Waals surface area contributed by atoms with Gasteiger partial charge in [0.15, 0.2) is 0 Å². The second-order valence-electron chi connectivity index (χ2n) is 6.75. The zero-order valence-corrected chi connectivity index (χ0v) is 13.5. The first-order valence-electron chi connectivity index (χ1n) is 8.19. The molecule has 1 aromatic heterocycles. The van der Waals surface area contributed by atoms with Crippen LogP contribution in [0.5, 0.6) is 0 Å². The van der Waals surface area contributed by atoms with Gasteiger partial charge in [0.2, 0.25) is 5.91 Å². The predicted molar refractivity (Wildman–Crippen MR) is 84.6 cm³/mol. The molecule has 3 rings (SSSR count). The Kier molecular flexibility index (Phi) is 4.28. The zero-order chi connectivity index (χ0) is 16.6. The average Bonchev–Trinajstić information content (AvgIpc) is 3.26. The number of amides is 1. The molecular formula is C18H23NO4. The van der Waals surface area contributed by atoms with Gasteiger partial charge in [-0.3, -0.25) is 9.59 Å². The molecule has 5 nitrogen and oxygen atoms in total. The molecule has 5 heteroatoms. The van der Waals surface area contributed by atoms with E-state index >= 15 is 0 Å². The molecule has 1 heterocycles. The van der Waals surface area contributed by atoms with Crippen molar-refractivity contribution in [2.75, 3.05) is 7.05 Å². The monoisotopic (exact) mass is 317 g/mol. The number of hydrogen-bond donors (Lipinski definition) is 1. The van der Waals surface area contributed by atoms with Crippen LogP contribution in [0.1, 0.15) is 25.5 Å². The van der Waals surface area contributed by atoms with Crippen LogP contribution in [0.4, 0.5) is 0 Å². The summed E-state index contributed by atoms with van der Waals surface area (Å²) < 4.78 is 5.32. The number of rotatable bonds is 6. The highest BCUT2D eigenvalue weighted by molar-refractivity contribution is 5.87. The summed E-state index contributed by atoms with van der Waals surface area (Å²) in [6.45, 7) is 2.00. The van der Waals surface area contributed by atoms with Gasteiger partial charge in [-0.05, 0) is 43.7 Å². The van der Waals surface area contributed by atoms with E-state index in [4.69, 9.17) is 4.42 Å². The molecule has 1 fully saturated rings. The van der Waals surface area contributed by atoms with Gasteiger partial charge in [0.05, 0.1) is 18.1 Å². The molecular weight excluding hydrogens is 294 g/mol. The van der Waals surface area contributed by atoms with Crippen molar-refractivity contribution in [3.63, 3.8) is 0 Å². The molecule has 2 aliphatic rings. The van der Waals surface area contributed by atoms with Crippen LogP contribution in [-0.4, -0.2) is 35.0 Å². The maximum atomic E-state index is 12.9. The first-order valence-corrected chi connectivity index (χ1v) is 8.19. The van der Waals surface area contributed by atoms with Gasteiger partial charge in [0.1, 0.15) is 5.76 Å². The van der Waals surface area contributed by atoms with Crippen LogP contribution >= 0.6 is 0 Å². The van der Waals surface area contributed by atoms with Gasteiger partial charge in [0.25, 0.3) is 0 Å². The van der Waals surface area contributed by atoms with E-state index in [0.717, 1.165) is 25.0 Å². The van der Waals surface area contributed by atoms with Crippen molar-refractivity contribution in [1.82, 2.24) is 4.90 Å². The Morgan fingerprint density at radius 1 is 1.35 bits per heavy atom. The lowest BCUT2D eigenvalue weighted by Crippen LogP contribution is -2.44. The average molecular weight is 317 g/mol. The number of aryl methyl sites for hydroxylation is 1. The minimum Gasteiger partial charge on any atom is -0.481 e. The van der Waals surface area contributed by atoms with Crippen molar-refractivity contribution < 1.29 is 19.1 Å². The lowest BCUT2D eigenvalue weighted by Gasteiger charge is -2.32. The van der Waals surface area contributed by atoms with Crippen molar-refractivity contribution in [2.45, 2.75) is 32.2 Å². The Morgan fingerprint density at radius 2 is 2.04 bits per heavy atom. The van der Waals surface area contributed by atoms with E-state index in [2.05, 4.69) is 0 Å². The van der Waals surface area contributed by atoms with Gasteiger partial charge < -0.3 is 14.4 Å². The topological polar surface area (TPSA) is 70.8 Å². The highest BCUT2D eigenvalue weighted by Gasteiger charge is 2.52. The van der Waals surface area contributed by atoms with Crippen LogP contribution in [0, 0.1) is 23.7 Å². The molecule has 0 aromatic carbocycles. The lowest BCUT2D eigenvalue weighted by molar-refractivity contribution is -0.151. The number of allylic oxidation sites excluding steroid dienone is 2. The Bertz CT molecular complexity index is 607. The number of hydrogen-bond acceptors (Lipinski definition) is 3. The molecule has 1 amide bonds. The second kappa shape index (κ2) is 6.22. The minimum absolute atomic E-state index is 0.0123. The first kappa shape index (κ1) is 15.8. The van der Waals surface area contributed by atoms with E-state index in [1.165, 1.54) is 0 Å². The van der Waals surface area contributed by atoms with Crippen LogP contribution in [0.15, 0.2) is 35.0 Å². The minimum atomic E-state index is -0.850. The van der Waals surface area contributed by atoms with Gasteiger partial charge in [-0.25, -0.2) is 0 Å². The first-order chi connectivity index (χ1) is 11.0. The quantitative estimate of drug-likeness (QED) is 0.819. The van der Waals surface area contributed by atoms with Gasteiger partial charge in [-0.15, -0.1) is 0 Å². The van der Waals surface area contributed by atoms with Crippen LogP contribution in [0.3, 0.4) is 0 Å². The second-order valence-corrected chi connectivity index (χ2v) is 6.75. The highest BCUT2D eigenvalue weighted by atomic mass is 16.4. The summed E-state index contributed by atoms with van der Waals surface area (Å²) in [7, 11) is 1.78. The van der Waals surface area contributed by atoms with Crippen molar-refractivity contribution in [3.8, 4) is 0 Å². The van der Waals surface area contributed by atoms with E-state index < -0.39 is 17.8 Å². The summed E-state index contributed by atoms with van der Waals surface area (Å²) in [6.07, 6.45) is 7.99. The van der Waals surface area contributed by atoms with Crippen molar-refractivity contribution >= 4 is 11.9 Å². The summed E-state index contributed by atoms with van der Waals surface area (Å²) in [5, 5.41) is 9.49. The van der Waals surface area contributed by atoms with Crippen LogP contribution < -0.4 is 0 Å². The lowest BCUT2D eigenvalue weighted by atomic mass is 9.82. The molecule has 23 heavy (non-hydrogen) atoms. The molecule has 5 atom stereocenters. The molecule has 0 aliphatic heterocycles. The number of carboxylic acids is 1. The van der Waals surface area contributed by atoms with E-state index in [-0.39, 0.29) is 23.8 Å². The normalized spacial score (nSPS) is 29.7. The Hall–Kier alpha value is -2.04. The zero-order valence-electron chi connectivity index (χ0n) is 13.5. The van der Waals surface area contributed by atoms with Crippen molar-refractivity contribution in [1.29, 1.82) is 0 Å². The maximum absolute atomic E-state index is 12.9. The third-order valence-corrected chi connectivity index (χ3v) is 5.43. The van der Waals surface area contributed by atoms with E-state index in [9.17, 15) is 14.7 Å². The van der Waals surface area contributed by atoms with Crippen LogP contribution in [-0.2, 0) is 16.0 Å². The fraction of sp³-hybridized carbons (Fsp3) is 0.556. The smallest absolute Gasteiger partial charge is 0.307 e.